The Morgan fingerprint density at radius 3 is 2.67 bits per heavy atom. The molecule has 108 valence electrons. The molecule has 4 nitrogen and oxygen atoms in total. The number of hydrogen-bond acceptors (Lipinski definition) is 4. The van der Waals surface area contributed by atoms with Gasteiger partial charge in [-0.05, 0) is 24.1 Å². The second-order valence-electron chi connectivity index (χ2n) is 4.53. The summed E-state index contributed by atoms with van der Waals surface area (Å²) in [5.74, 6) is -0.853. The Morgan fingerprint density at radius 2 is 2.05 bits per heavy atom. The SMILES string of the molecule is CC(=Cc1ccccc1)C=C1SC(=S)N(CC(N)=O)C1=O. The minimum atomic E-state index is -0.580. The Bertz CT molecular complexity index is 651. The number of nitrogens with zero attached hydrogens (tertiary/aromatic N) is 1. The molecule has 0 saturated carbocycles. The zero-order valence-corrected chi connectivity index (χ0v) is 13.0. The standard InChI is InChI=1S/C15H14N2O2S2/c1-10(7-11-5-3-2-4-6-11)8-12-14(19)17(9-13(16)18)15(20)21-12/h2-8H,9H2,1H3,(H2,16,18). The van der Waals surface area contributed by atoms with Crippen LogP contribution in [0, 0.1) is 0 Å². The first-order chi connectivity index (χ1) is 9.97. The molecule has 2 N–H and O–H groups in total. The van der Waals surface area contributed by atoms with E-state index in [-0.39, 0.29) is 12.5 Å². The minimum absolute atomic E-state index is 0.177. The van der Waals surface area contributed by atoms with Gasteiger partial charge in [0, 0.05) is 0 Å². The average Bonchev–Trinajstić information content (AvgIpc) is 2.67. The maximum Gasteiger partial charge on any atom is 0.266 e. The summed E-state index contributed by atoms with van der Waals surface area (Å²) in [7, 11) is 0. The summed E-state index contributed by atoms with van der Waals surface area (Å²) in [5.41, 5.74) is 7.10. The number of rotatable bonds is 4. The van der Waals surface area contributed by atoms with E-state index in [4.69, 9.17) is 18.0 Å². The zero-order valence-electron chi connectivity index (χ0n) is 11.4. The molecular formula is C15H14N2O2S2. The highest BCUT2D eigenvalue weighted by atomic mass is 32.2. The van der Waals surface area contributed by atoms with Crippen LogP contribution >= 0.6 is 24.0 Å². The van der Waals surface area contributed by atoms with E-state index in [1.807, 2.05) is 43.3 Å². The number of carbonyl (C=O) groups excluding carboxylic acids is 2. The lowest BCUT2D eigenvalue weighted by molar-refractivity contribution is -0.127. The molecule has 2 amide bonds. The lowest BCUT2D eigenvalue weighted by atomic mass is 10.1. The molecule has 1 fully saturated rings. The Hall–Kier alpha value is -1.92. The zero-order chi connectivity index (χ0) is 15.4. The number of amides is 2. The minimum Gasteiger partial charge on any atom is -0.368 e. The van der Waals surface area contributed by atoms with Gasteiger partial charge in [-0.15, -0.1) is 0 Å². The summed E-state index contributed by atoms with van der Waals surface area (Å²) >= 11 is 6.28. The normalized spacial score (nSPS) is 17.7. The Kier molecular flexibility index (Phi) is 4.93. The van der Waals surface area contributed by atoms with Gasteiger partial charge in [-0.25, -0.2) is 0 Å². The van der Waals surface area contributed by atoms with Crippen LogP contribution in [0.4, 0.5) is 0 Å². The van der Waals surface area contributed by atoms with Crippen molar-refractivity contribution in [2.45, 2.75) is 6.92 Å². The second-order valence-corrected chi connectivity index (χ2v) is 6.21. The van der Waals surface area contributed by atoms with Crippen LogP contribution in [0.15, 0.2) is 46.9 Å². The summed E-state index contributed by atoms with van der Waals surface area (Å²) in [4.78, 5) is 24.8. The van der Waals surface area contributed by atoms with Crippen molar-refractivity contribution in [3.05, 3.63) is 52.4 Å². The van der Waals surface area contributed by atoms with Gasteiger partial charge in [0.25, 0.3) is 5.91 Å². The Balaban J connectivity index is 2.18. The average molecular weight is 318 g/mol. The molecule has 2 rings (SSSR count). The van der Waals surface area contributed by atoms with Crippen molar-refractivity contribution in [2.24, 2.45) is 5.73 Å². The van der Waals surface area contributed by atoms with Gasteiger partial charge in [0.1, 0.15) is 10.9 Å². The molecule has 1 saturated heterocycles. The van der Waals surface area contributed by atoms with Crippen LogP contribution in [0.25, 0.3) is 6.08 Å². The number of allylic oxidation sites excluding steroid dienone is 2. The molecule has 1 aliphatic rings. The van der Waals surface area contributed by atoms with Crippen LogP contribution in [0.3, 0.4) is 0 Å². The number of thiocarbonyl (C=S) groups is 1. The van der Waals surface area contributed by atoms with Gasteiger partial charge in [0.15, 0.2) is 0 Å². The molecule has 0 atom stereocenters. The number of nitrogens with two attached hydrogens (primary N) is 1. The summed E-state index contributed by atoms with van der Waals surface area (Å²) in [6, 6.07) is 9.81. The van der Waals surface area contributed by atoms with Crippen LogP contribution in [-0.2, 0) is 9.59 Å². The molecule has 1 aliphatic heterocycles. The highest BCUT2D eigenvalue weighted by Crippen LogP contribution is 2.31. The van der Waals surface area contributed by atoms with Crippen LogP contribution in [-0.4, -0.2) is 27.6 Å². The van der Waals surface area contributed by atoms with Gasteiger partial charge >= 0.3 is 0 Å². The topological polar surface area (TPSA) is 63.4 Å². The number of hydrogen-bond donors (Lipinski definition) is 1. The van der Waals surface area contributed by atoms with E-state index in [1.54, 1.807) is 6.08 Å². The maximum atomic E-state index is 12.2. The number of primary amides is 1. The largest absolute Gasteiger partial charge is 0.368 e. The maximum absolute atomic E-state index is 12.2. The fraction of sp³-hybridized carbons (Fsp3) is 0.133. The molecule has 1 heterocycles. The van der Waals surface area contributed by atoms with Gasteiger partial charge in [-0.2, -0.15) is 0 Å². The first-order valence-corrected chi connectivity index (χ1v) is 7.47. The van der Waals surface area contributed by atoms with Crippen molar-refractivity contribution in [3.8, 4) is 0 Å². The van der Waals surface area contributed by atoms with Crippen molar-refractivity contribution >= 4 is 46.2 Å². The predicted molar refractivity (Wildman–Crippen MR) is 89.3 cm³/mol. The highest BCUT2D eigenvalue weighted by Gasteiger charge is 2.32. The summed E-state index contributed by atoms with van der Waals surface area (Å²) in [6.45, 7) is 1.73. The van der Waals surface area contributed by atoms with Gasteiger partial charge in [-0.1, -0.05) is 60.4 Å². The first kappa shape index (κ1) is 15.5. The van der Waals surface area contributed by atoms with Crippen LogP contribution < -0.4 is 5.73 Å². The Morgan fingerprint density at radius 1 is 1.38 bits per heavy atom. The quantitative estimate of drug-likeness (QED) is 0.683. The fourth-order valence-corrected chi connectivity index (χ4v) is 3.16. The summed E-state index contributed by atoms with van der Waals surface area (Å²) < 4.78 is 0.359. The fourth-order valence-electron chi connectivity index (χ4n) is 1.85. The molecule has 1 aromatic carbocycles. The smallest absolute Gasteiger partial charge is 0.266 e. The molecule has 0 radical (unpaired) electrons. The van der Waals surface area contributed by atoms with E-state index in [9.17, 15) is 9.59 Å². The number of thioether (sulfide) groups is 1. The van der Waals surface area contributed by atoms with E-state index in [1.165, 1.54) is 16.7 Å². The van der Waals surface area contributed by atoms with Crippen LogP contribution in [0.1, 0.15) is 12.5 Å². The molecule has 0 aromatic heterocycles. The van der Waals surface area contributed by atoms with E-state index < -0.39 is 5.91 Å². The van der Waals surface area contributed by atoms with Crippen molar-refractivity contribution < 1.29 is 9.59 Å². The lowest BCUT2D eigenvalue weighted by Crippen LogP contribution is -2.36. The van der Waals surface area contributed by atoms with E-state index in [0.29, 0.717) is 9.23 Å². The van der Waals surface area contributed by atoms with Gasteiger partial charge in [0.05, 0.1) is 4.91 Å². The molecule has 0 bridgehead atoms. The molecule has 6 heteroatoms. The molecule has 1 aromatic rings. The van der Waals surface area contributed by atoms with Crippen LogP contribution in [0.2, 0.25) is 0 Å². The molecule has 0 unspecified atom stereocenters. The van der Waals surface area contributed by atoms with E-state index in [0.717, 1.165) is 11.1 Å². The van der Waals surface area contributed by atoms with E-state index >= 15 is 0 Å². The number of benzene rings is 1. The van der Waals surface area contributed by atoms with E-state index in [2.05, 4.69) is 0 Å². The third-order valence-corrected chi connectivity index (χ3v) is 4.12. The molecule has 0 spiro atoms. The third-order valence-electron chi connectivity index (χ3n) is 2.74. The first-order valence-electron chi connectivity index (χ1n) is 6.24. The van der Waals surface area contributed by atoms with Gasteiger partial charge in [0.2, 0.25) is 5.91 Å². The van der Waals surface area contributed by atoms with Crippen molar-refractivity contribution in [2.75, 3.05) is 6.54 Å². The molecular weight excluding hydrogens is 304 g/mol. The summed E-state index contributed by atoms with van der Waals surface area (Å²) in [6.07, 6.45) is 3.74. The third kappa shape index (κ3) is 4.03. The van der Waals surface area contributed by atoms with Crippen molar-refractivity contribution in [1.29, 1.82) is 0 Å². The predicted octanol–water partition coefficient (Wildman–Crippen LogP) is 2.32. The number of carbonyl (C=O) groups is 2. The van der Waals surface area contributed by atoms with Crippen LogP contribution in [0.5, 0.6) is 0 Å². The highest BCUT2D eigenvalue weighted by molar-refractivity contribution is 8.26. The van der Waals surface area contributed by atoms with Gasteiger partial charge in [-0.3, -0.25) is 14.5 Å². The Labute approximate surface area is 132 Å². The monoisotopic (exact) mass is 318 g/mol. The van der Waals surface area contributed by atoms with Crippen molar-refractivity contribution in [3.63, 3.8) is 0 Å². The molecule has 0 aliphatic carbocycles. The van der Waals surface area contributed by atoms with Crippen molar-refractivity contribution in [1.82, 2.24) is 4.90 Å². The lowest BCUT2D eigenvalue weighted by Gasteiger charge is -2.10. The summed E-state index contributed by atoms with van der Waals surface area (Å²) in [5, 5.41) is 0. The second kappa shape index (κ2) is 6.69. The van der Waals surface area contributed by atoms with Gasteiger partial charge < -0.3 is 5.73 Å². The molecule has 21 heavy (non-hydrogen) atoms.